The predicted molar refractivity (Wildman–Crippen MR) is 289 cm³/mol. The van der Waals surface area contributed by atoms with E-state index in [9.17, 15) is 24.3 Å². The van der Waals surface area contributed by atoms with E-state index >= 15 is 0 Å². The van der Waals surface area contributed by atoms with Crippen molar-refractivity contribution in [2.24, 2.45) is 18.9 Å². The van der Waals surface area contributed by atoms with Crippen molar-refractivity contribution < 1.29 is 29.0 Å². The SMILES string of the molecule is Cc1c(OC2CCC(CC[C@H](C)CN3CCN(c4nc5cc(C6CCC(=O)NC6=O)ccc5n4C)CC3)CC2)cccc1-c1ccc(N2CCc3cccc(C(=O)Nc4nc5ccccc5s4)c3C2)nc1C(=O)O. The third-order valence-corrected chi connectivity index (χ3v) is 16.9. The van der Waals surface area contributed by atoms with Gasteiger partial charge >= 0.3 is 5.97 Å². The highest BCUT2D eigenvalue weighted by Gasteiger charge is 2.31. The van der Waals surface area contributed by atoms with Crippen molar-refractivity contribution in [1.82, 2.24) is 29.7 Å². The number of aryl methyl sites for hydroxylation is 1. The van der Waals surface area contributed by atoms with Crippen LogP contribution in [0.15, 0.2) is 91.0 Å². The fourth-order valence-corrected chi connectivity index (χ4v) is 12.6. The molecule has 1 saturated carbocycles. The summed E-state index contributed by atoms with van der Waals surface area (Å²) in [6, 6.07) is 29.3. The molecule has 6 heterocycles. The van der Waals surface area contributed by atoms with E-state index < -0.39 is 5.97 Å². The average Bonchev–Trinajstić information content (AvgIpc) is 3.98. The van der Waals surface area contributed by atoms with Gasteiger partial charge in [0.2, 0.25) is 17.8 Å². The number of hydrogen-bond acceptors (Lipinski definition) is 12. The first-order valence-electron chi connectivity index (χ1n) is 26.2. The summed E-state index contributed by atoms with van der Waals surface area (Å²) in [5, 5.41) is 16.6. The highest BCUT2D eigenvalue weighted by atomic mass is 32.1. The number of anilines is 3. The van der Waals surface area contributed by atoms with Crippen LogP contribution in [0.4, 0.5) is 16.9 Å². The molecule has 382 valence electrons. The number of carboxylic acid groups (broad SMARTS) is 1. The van der Waals surface area contributed by atoms with Crippen molar-refractivity contribution in [2.45, 2.75) is 90.2 Å². The molecule has 1 aliphatic carbocycles. The van der Waals surface area contributed by atoms with Crippen LogP contribution < -0.4 is 25.2 Å². The second kappa shape index (κ2) is 21.0. The smallest absolute Gasteiger partial charge is 0.355 e. The van der Waals surface area contributed by atoms with E-state index in [1.165, 1.54) is 24.2 Å². The number of imide groups is 1. The number of piperidine rings is 1. The average molecular weight is 1010 g/mol. The molecule has 4 aromatic carbocycles. The highest BCUT2D eigenvalue weighted by Crippen LogP contribution is 2.38. The van der Waals surface area contributed by atoms with E-state index in [1.807, 2.05) is 91.9 Å². The van der Waals surface area contributed by atoms with Crippen LogP contribution in [0.25, 0.3) is 32.4 Å². The summed E-state index contributed by atoms with van der Waals surface area (Å²) in [5.74, 6) is 1.48. The maximum atomic E-state index is 13.7. The zero-order valence-electron chi connectivity index (χ0n) is 42.3. The first kappa shape index (κ1) is 49.1. The quantitative estimate of drug-likeness (QED) is 0.0882. The molecule has 3 fully saturated rings. The van der Waals surface area contributed by atoms with E-state index in [4.69, 9.17) is 14.7 Å². The number of ether oxygens (including phenoxy) is 1. The number of piperazine rings is 1. The number of carboxylic acids is 1. The summed E-state index contributed by atoms with van der Waals surface area (Å²) in [4.78, 5) is 72.2. The molecule has 4 aliphatic rings. The van der Waals surface area contributed by atoms with Crippen LogP contribution in [0, 0.1) is 18.8 Å². The minimum absolute atomic E-state index is 0.0183. The lowest BCUT2D eigenvalue weighted by Crippen LogP contribution is -2.48. The van der Waals surface area contributed by atoms with Crippen LogP contribution in [0.3, 0.4) is 0 Å². The number of fused-ring (bicyclic) bond motifs is 3. The molecular formula is C58H63N9O6S. The predicted octanol–water partition coefficient (Wildman–Crippen LogP) is 9.76. The zero-order valence-corrected chi connectivity index (χ0v) is 43.1. The number of rotatable bonds is 14. The number of aromatic nitrogens is 4. The number of carbonyl (C=O) groups excluding carboxylic acids is 3. The number of pyridine rings is 1. The number of carbonyl (C=O) groups is 4. The highest BCUT2D eigenvalue weighted by molar-refractivity contribution is 7.22. The first-order valence-corrected chi connectivity index (χ1v) is 27.0. The Morgan fingerprint density at radius 1 is 0.838 bits per heavy atom. The van der Waals surface area contributed by atoms with Crippen LogP contribution in [0.1, 0.15) is 107 Å². The van der Waals surface area contributed by atoms with Gasteiger partial charge in [-0.05, 0) is 140 Å². The van der Waals surface area contributed by atoms with Crippen molar-refractivity contribution in [3.63, 3.8) is 0 Å². The van der Waals surface area contributed by atoms with Gasteiger partial charge in [-0.15, -0.1) is 0 Å². The van der Waals surface area contributed by atoms with Crippen molar-refractivity contribution >= 4 is 73.2 Å². The number of aromatic carboxylic acids is 1. The van der Waals surface area contributed by atoms with Crippen LogP contribution in [0.2, 0.25) is 0 Å². The molecule has 2 atom stereocenters. The molecular weight excluding hydrogens is 951 g/mol. The fourth-order valence-electron chi connectivity index (χ4n) is 11.7. The van der Waals surface area contributed by atoms with Gasteiger partial charge in [0.25, 0.3) is 5.91 Å². The van der Waals surface area contributed by atoms with E-state index in [-0.39, 0.29) is 35.4 Å². The molecule has 74 heavy (non-hydrogen) atoms. The summed E-state index contributed by atoms with van der Waals surface area (Å²) in [7, 11) is 2.06. The Kier molecular flexibility index (Phi) is 13.9. The van der Waals surface area contributed by atoms with Gasteiger partial charge < -0.3 is 24.2 Å². The summed E-state index contributed by atoms with van der Waals surface area (Å²) in [6.07, 6.45) is 8.34. The second-order valence-electron chi connectivity index (χ2n) is 20.8. The maximum Gasteiger partial charge on any atom is 0.355 e. The van der Waals surface area contributed by atoms with Crippen molar-refractivity contribution in [1.29, 1.82) is 0 Å². The Bertz CT molecular complexity index is 3250. The molecule has 0 spiro atoms. The van der Waals surface area contributed by atoms with Crippen LogP contribution in [0.5, 0.6) is 5.75 Å². The fraction of sp³-hybridized carbons (Fsp3) is 0.397. The molecule has 1 unspecified atom stereocenters. The van der Waals surface area contributed by atoms with Gasteiger partial charge in [-0.2, -0.15) is 0 Å². The molecule has 16 heteroatoms. The van der Waals surface area contributed by atoms with Crippen LogP contribution >= 0.6 is 11.3 Å². The minimum Gasteiger partial charge on any atom is -0.490 e. The molecule has 2 saturated heterocycles. The Morgan fingerprint density at radius 2 is 1.65 bits per heavy atom. The summed E-state index contributed by atoms with van der Waals surface area (Å²) in [6.45, 7) is 10.3. The lowest BCUT2D eigenvalue weighted by Gasteiger charge is -2.36. The molecule has 3 aromatic heterocycles. The van der Waals surface area contributed by atoms with Crippen molar-refractivity contribution in [2.75, 3.05) is 54.4 Å². The van der Waals surface area contributed by atoms with Crippen LogP contribution in [-0.2, 0) is 29.6 Å². The van der Waals surface area contributed by atoms with Gasteiger partial charge in [-0.3, -0.25) is 29.9 Å². The molecule has 3 N–H and O–H groups in total. The van der Waals surface area contributed by atoms with E-state index in [0.29, 0.717) is 66.3 Å². The van der Waals surface area contributed by atoms with Gasteiger partial charge in [-0.25, -0.2) is 19.7 Å². The number of nitrogens with zero attached hydrogens (tertiary/aromatic N) is 7. The Labute approximate surface area is 435 Å². The molecule has 3 amide bonds. The Balaban J connectivity index is 0.658. The second-order valence-corrected chi connectivity index (χ2v) is 21.8. The molecule has 11 rings (SSSR count). The van der Waals surface area contributed by atoms with Crippen molar-refractivity contribution in [3.05, 3.63) is 125 Å². The third-order valence-electron chi connectivity index (χ3n) is 15.9. The number of amides is 3. The number of imidazole rings is 1. The Morgan fingerprint density at radius 3 is 2.45 bits per heavy atom. The Hall–Kier alpha value is -7.17. The van der Waals surface area contributed by atoms with Gasteiger partial charge in [0.05, 0.1) is 33.3 Å². The lowest BCUT2D eigenvalue weighted by atomic mass is 9.83. The standard InChI is InChI=1S/C58H63N9O6S/c1-35(33-65-28-30-66(31-29-65)58-60-47-32-39(18-23-48(47)64(58)3)42-22-25-52(68)62-54(42)69)14-15-37-16-19-40(20-17-37)73-49-12-7-9-41(36(49)2)43-21-24-51(61-53(43)56(71)72)67-27-26-38-8-6-10-44(45(38)34-67)55(70)63-57-59-46-11-4-5-13-50(46)74-57/h4-13,18,21,23-24,32,35,37,40,42H,14-17,19-20,22,25-31,33-34H2,1-3H3,(H,71,72)(H,59,63,70)(H,62,68,69)/t35-,37?,40?,42?/m0/s1. The van der Waals surface area contributed by atoms with Crippen LogP contribution in [-0.4, -0.2) is 98.6 Å². The number of nitrogens with one attached hydrogen (secondary N) is 2. The molecule has 7 aromatic rings. The van der Waals surface area contributed by atoms with Gasteiger partial charge in [0, 0.05) is 70.4 Å². The van der Waals surface area contributed by atoms with Crippen molar-refractivity contribution in [3.8, 4) is 16.9 Å². The number of benzene rings is 4. The van der Waals surface area contributed by atoms with Gasteiger partial charge in [-0.1, -0.05) is 67.1 Å². The minimum atomic E-state index is -1.10. The zero-order chi connectivity index (χ0) is 51.0. The van der Waals surface area contributed by atoms with E-state index in [0.717, 1.165) is 119 Å². The molecule has 3 aliphatic heterocycles. The summed E-state index contributed by atoms with van der Waals surface area (Å²) < 4.78 is 9.86. The maximum absolute atomic E-state index is 13.7. The summed E-state index contributed by atoms with van der Waals surface area (Å²) >= 11 is 1.44. The van der Waals surface area contributed by atoms with E-state index in [2.05, 4.69) is 54.9 Å². The third kappa shape index (κ3) is 10.2. The summed E-state index contributed by atoms with van der Waals surface area (Å²) in [5.41, 5.74) is 8.42. The topological polar surface area (TPSA) is 175 Å². The van der Waals surface area contributed by atoms with E-state index in [1.54, 1.807) is 0 Å². The molecule has 15 nitrogen and oxygen atoms in total. The normalized spacial score (nSPS) is 19.9. The van der Waals surface area contributed by atoms with Gasteiger partial charge in [0.15, 0.2) is 10.8 Å². The first-order chi connectivity index (χ1) is 35.9. The monoisotopic (exact) mass is 1010 g/mol. The number of para-hydroxylation sites is 1. The number of thiazole rings is 1. The lowest BCUT2D eigenvalue weighted by molar-refractivity contribution is -0.134. The van der Waals surface area contributed by atoms with Gasteiger partial charge in [0.1, 0.15) is 11.6 Å². The molecule has 0 radical (unpaired) electrons. The number of hydrogen-bond donors (Lipinski definition) is 3. The largest absolute Gasteiger partial charge is 0.490 e. The molecule has 0 bridgehead atoms.